The van der Waals surface area contributed by atoms with Gasteiger partial charge in [-0.15, -0.1) is 0 Å². The topological polar surface area (TPSA) is 119 Å². The molecule has 0 aromatic heterocycles. The SMILES string of the molecule is CCC(C)(NC(=O)COc1ccc([N+](=O)[O-])cc1)C(=O)O. The Hall–Kier alpha value is -2.64. The Morgan fingerprint density at radius 1 is 1.38 bits per heavy atom. The number of nitrogens with one attached hydrogen (secondary N) is 1. The number of nitrogens with zero attached hydrogens (tertiary/aromatic N) is 1. The summed E-state index contributed by atoms with van der Waals surface area (Å²) in [7, 11) is 0. The van der Waals surface area contributed by atoms with Crippen LogP contribution in [0.15, 0.2) is 24.3 Å². The summed E-state index contributed by atoms with van der Waals surface area (Å²) in [6.45, 7) is 2.67. The van der Waals surface area contributed by atoms with Crippen molar-refractivity contribution in [3.8, 4) is 5.75 Å². The van der Waals surface area contributed by atoms with Crippen LogP contribution in [-0.2, 0) is 9.59 Å². The number of hydrogen-bond acceptors (Lipinski definition) is 5. The van der Waals surface area contributed by atoms with E-state index in [4.69, 9.17) is 9.84 Å². The molecule has 1 aromatic rings. The van der Waals surface area contributed by atoms with Gasteiger partial charge in [0.25, 0.3) is 11.6 Å². The molecule has 0 aliphatic heterocycles. The maximum atomic E-state index is 11.7. The molecule has 0 aliphatic carbocycles. The normalized spacial score (nSPS) is 13.0. The first kappa shape index (κ1) is 16.4. The Balaban J connectivity index is 2.57. The molecule has 0 saturated carbocycles. The van der Waals surface area contributed by atoms with Gasteiger partial charge in [-0.05, 0) is 25.5 Å². The van der Waals surface area contributed by atoms with Crippen molar-refractivity contribution >= 4 is 17.6 Å². The number of carboxylic acids is 1. The van der Waals surface area contributed by atoms with Gasteiger partial charge < -0.3 is 15.2 Å². The highest BCUT2D eigenvalue weighted by molar-refractivity contribution is 5.87. The first-order valence-electron chi connectivity index (χ1n) is 6.20. The quantitative estimate of drug-likeness (QED) is 0.579. The lowest BCUT2D eigenvalue weighted by molar-refractivity contribution is -0.384. The summed E-state index contributed by atoms with van der Waals surface area (Å²) in [6, 6.07) is 5.23. The second kappa shape index (κ2) is 6.69. The molecule has 8 nitrogen and oxygen atoms in total. The van der Waals surface area contributed by atoms with E-state index in [1.807, 2.05) is 0 Å². The van der Waals surface area contributed by atoms with Gasteiger partial charge in [0.15, 0.2) is 6.61 Å². The van der Waals surface area contributed by atoms with Crippen molar-refractivity contribution in [1.29, 1.82) is 0 Å². The summed E-state index contributed by atoms with van der Waals surface area (Å²) in [4.78, 5) is 32.6. The van der Waals surface area contributed by atoms with Gasteiger partial charge >= 0.3 is 5.97 Å². The van der Waals surface area contributed by atoms with Crippen molar-refractivity contribution in [2.45, 2.75) is 25.8 Å². The molecule has 1 amide bonds. The molecule has 0 fully saturated rings. The lowest BCUT2D eigenvalue weighted by atomic mass is 9.99. The van der Waals surface area contributed by atoms with Crippen LogP contribution in [0.3, 0.4) is 0 Å². The van der Waals surface area contributed by atoms with E-state index in [1.54, 1.807) is 6.92 Å². The average Bonchev–Trinajstić information content (AvgIpc) is 2.45. The number of carbonyl (C=O) groups is 2. The molecule has 1 atom stereocenters. The largest absolute Gasteiger partial charge is 0.484 e. The van der Waals surface area contributed by atoms with Crippen LogP contribution in [0.5, 0.6) is 5.75 Å². The Kier molecular flexibility index (Phi) is 5.23. The second-order valence-electron chi connectivity index (χ2n) is 4.58. The fourth-order valence-electron chi connectivity index (χ4n) is 1.45. The Morgan fingerprint density at radius 3 is 2.38 bits per heavy atom. The summed E-state index contributed by atoms with van der Waals surface area (Å²) in [5, 5.41) is 21.9. The molecule has 0 saturated heterocycles. The van der Waals surface area contributed by atoms with Crippen LogP contribution in [0.2, 0.25) is 0 Å². The van der Waals surface area contributed by atoms with Crippen LogP contribution in [-0.4, -0.2) is 34.1 Å². The van der Waals surface area contributed by atoms with E-state index in [1.165, 1.54) is 31.2 Å². The summed E-state index contributed by atoms with van der Waals surface area (Å²) >= 11 is 0. The van der Waals surface area contributed by atoms with Crippen molar-refractivity contribution in [1.82, 2.24) is 5.32 Å². The van der Waals surface area contributed by atoms with E-state index < -0.39 is 22.3 Å². The summed E-state index contributed by atoms with van der Waals surface area (Å²) in [6.07, 6.45) is 0.228. The predicted octanol–water partition coefficient (Wildman–Crippen LogP) is 1.34. The number of amides is 1. The molecule has 1 unspecified atom stereocenters. The van der Waals surface area contributed by atoms with Crippen LogP contribution < -0.4 is 10.1 Å². The Labute approximate surface area is 120 Å². The lowest BCUT2D eigenvalue weighted by Crippen LogP contribution is -2.53. The number of aliphatic carboxylic acids is 1. The van der Waals surface area contributed by atoms with E-state index in [2.05, 4.69) is 5.32 Å². The van der Waals surface area contributed by atoms with Gasteiger partial charge in [0.05, 0.1) is 4.92 Å². The van der Waals surface area contributed by atoms with E-state index in [-0.39, 0.29) is 24.5 Å². The van der Waals surface area contributed by atoms with E-state index >= 15 is 0 Å². The maximum absolute atomic E-state index is 11.7. The molecule has 0 heterocycles. The summed E-state index contributed by atoms with van der Waals surface area (Å²) in [5.41, 5.74) is -1.44. The third-order valence-corrected chi connectivity index (χ3v) is 3.01. The van der Waals surface area contributed by atoms with Gasteiger partial charge in [-0.1, -0.05) is 6.92 Å². The van der Waals surface area contributed by atoms with Gasteiger partial charge in [-0.2, -0.15) is 0 Å². The van der Waals surface area contributed by atoms with Crippen molar-refractivity contribution in [2.75, 3.05) is 6.61 Å². The highest BCUT2D eigenvalue weighted by Gasteiger charge is 2.32. The molecule has 0 bridgehead atoms. The zero-order valence-corrected chi connectivity index (χ0v) is 11.7. The molecule has 0 aliphatic rings. The van der Waals surface area contributed by atoms with E-state index in [0.29, 0.717) is 0 Å². The van der Waals surface area contributed by atoms with Crippen molar-refractivity contribution < 1.29 is 24.4 Å². The molecule has 0 spiro atoms. The highest BCUT2D eigenvalue weighted by atomic mass is 16.6. The fourth-order valence-corrected chi connectivity index (χ4v) is 1.45. The number of non-ortho nitro benzene ring substituents is 1. The summed E-state index contributed by atoms with van der Waals surface area (Å²) < 4.78 is 5.15. The zero-order chi connectivity index (χ0) is 16.0. The number of ether oxygens (including phenoxy) is 1. The van der Waals surface area contributed by atoms with Crippen molar-refractivity contribution in [3.63, 3.8) is 0 Å². The second-order valence-corrected chi connectivity index (χ2v) is 4.58. The van der Waals surface area contributed by atoms with Crippen LogP contribution in [0.1, 0.15) is 20.3 Å². The maximum Gasteiger partial charge on any atom is 0.329 e. The number of hydrogen-bond donors (Lipinski definition) is 2. The molecule has 1 rings (SSSR count). The van der Waals surface area contributed by atoms with Gasteiger partial charge in [0.2, 0.25) is 0 Å². The molecular weight excluding hydrogens is 280 g/mol. The number of nitro groups is 1. The van der Waals surface area contributed by atoms with Crippen molar-refractivity contribution in [3.05, 3.63) is 34.4 Å². The molecule has 8 heteroatoms. The van der Waals surface area contributed by atoms with Gasteiger partial charge in [0.1, 0.15) is 11.3 Å². The number of carboxylic acid groups (broad SMARTS) is 1. The van der Waals surface area contributed by atoms with Crippen LogP contribution in [0.4, 0.5) is 5.69 Å². The highest BCUT2D eigenvalue weighted by Crippen LogP contribution is 2.17. The molecule has 1 aromatic carbocycles. The molecule has 21 heavy (non-hydrogen) atoms. The Bertz CT molecular complexity index is 542. The third-order valence-electron chi connectivity index (χ3n) is 3.01. The third kappa shape index (κ3) is 4.44. The number of carbonyl (C=O) groups excluding carboxylic acids is 1. The van der Waals surface area contributed by atoms with Crippen LogP contribution in [0.25, 0.3) is 0 Å². The molecule has 114 valence electrons. The minimum absolute atomic E-state index is 0.0868. The van der Waals surface area contributed by atoms with Crippen LogP contribution in [0, 0.1) is 10.1 Å². The summed E-state index contributed by atoms with van der Waals surface area (Å²) in [5.74, 6) is -1.43. The fraction of sp³-hybridized carbons (Fsp3) is 0.385. The van der Waals surface area contributed by atoms with E-state index in [0.717, 1.165) is 0 Å². The minimum atomic E-state index is -1.35. The molecule has 2 N–H and O–H groups in total. The van der Waals surface area contributed by atoms with Gasteiger partial charge in [-0.25, -0.2) is 4.79 Å². The molecular formula is C13H16N2O6. The number of rotatable bonds is 7. The monoisotopic (exact) mass is 296 g/mol. The first-order valence-corrected chi connectivity index (χ1v) is 6.20. The van der Waals surface area contributed by atoms with Gasteiger partial charge in [0, 0.05) is 12.1 Å². The number of nitro benzene ring substituents is 1. The Morgan fingerprint density at radius 2 is 1.95 bits per heavy atom. The molecule has 0 radical (unpaired) electrons. The minimum Gasteiger partial charge on any atom is -0.484 e. The van der Waals surface area contributed by atoms with Crippen LogP contribution >= 0.6 is 0 Å². The average molecular weight is 296 g/mol. The predicted molar refractivity (Wildman–Crippen MR) is 73.1 cm³/mol. The van der Waals surface area contributed by atoms with Gasteiger partial charge in [-0.3, -0.25) is 14.9 Å². The smallest absolute Gasteiger partial charge is 0.329 e. The lowest BCUT2D eigenvalue weighted by Gasteiger charge is -2.24. The number of benzene rings is 1. The standard InChI is InChI=1S/C13H16N2O6/c1-3-13(2,12(17)18)14-11(16)8-21-10-6-4-9(5-7-10)15(19)20/h4-7H,3,8H2,1-2H3,(H,14,16)(H,17,18). The van der Waals surface area contributed by atoms with E-state index in [9.17, 15) is 19.7 Å². The van der Waals surface area contributed by atoms with Crippen molar-refractivity contribution in [2.24, 2.45) is 0 Å². The zero-order valence-electron chi connectivity index (χ0n) is 11.7. The first-order chi connectivity index (χ1) is 9.78.